The van der Waals surface area contributed by atoms with Crippen molar-refractivity contribution in [1.82, 2.24) is 20.2 Å². The Morgan fingerprint density at radius 2 is 2.00 bits per heavy atom. The van der Waals surface area contributed by atoms with E-state index >= 15 is 0 Å². The SMILES string of the molecule is Cc1ncnc(-c2ccc3cn[nH]c3c2)c1C. The Hall–Kier alpha value is -2.23. The first-order valence-corrected chi connectivity index (χ1v) is 5.47. The largest absolute Gasteiger partial charge is 0.278 e. The van der Waals surface area contributed by atoms with Crippen molar-refractivity contribution in [2.24, 2.45) is 0 Å². The number of hydrogen-bond donors (Lipinski definition) is 1. The van der Waals surface area contributed by atoms with Crippen LogP contribution in [0.1, 0.15) is 11.3 Å². The van der Waals surface area contributed by atoms with E-state index in [4.69, 9.17) is 0 Å². The standard InChI is InChI=1S/C13H12N4/c1-8-9(2)14-7-15-13(8)10-3-4-11-6-16-17-12(11)5-10/h3-7H,1-2H3,(H,16,17). The summed E-state index contributed by atoms with van der Waals surface area (Å²) in [6.45, 7) is 4.04. The van der Waals surface area contributed by atoms with Crippen molar-refractivity contribution in [3.8, 4) is 11.3 Å². The number of nitrogens with one attached hydrogen (secondary N) is 1. The molecule has 0 aliphatic carbocycles. The molecule has 0 aliphatic rings. The van der Waals surface area contributed by atoms with Crippen LogP contribution in [0.5, 0.6) is 0 Å². The molecule has 0 aliphatic heterocycles. The van der Waals surface area contributed by atoms with Gasteiger partial charge in [0.05, 0.1) is 17.4 Å². The van der Waals surface area contributed by atoms with Gasteiger partial charge in [-0.3, -0.25) is 5.10 Å². The Morgan fingerprint density at radius 3 is 2.88 bits per heavy atom. The molecule has 3 rings (SSSR count). The lowest BCUT2D eigenvalue weighted by molar-refractivity contribution is 1.07. The van der Waals surface area contributed by atoms with Crippen molar-refractivity contribution in [1.29, 1.82) is 0 Å². The Bertz CT molecular complexity index is 685. The Balaban J connectivity index is 2.23. The Labute approximate surface area is 98.7 Å². The summed E-state index contributed by atoms with van der Waals surface area (Å²) in [5.41, 5.74) is 5.22. The summed E-state index contributed by atoms with van der Waals surface area (Å²) in [5, 5.41) is 8.10. The molecule has 0 unspecified atom stereocenters. The maximum atomic E-state index is 4.36. The molecule has 2 heterocycles. The van der Waals surface area contributed by atoms with Crippen LogP contribution < -0.4 is 0 Å². The highest BCUT2D eigenvalue weighted by Gasteiger charge is 2.07. The molecule has 3 aromatic rings. The van der Waals surface area contributed by atoms with Gasteiger partial charge in [-0.05, 0) is 25.5 Å². The average molecular weight is 224 g/mol. The number of nitrogens with zero attached hydrogens (tertiary/aromatic N) is 3. The summed E-state index contributed by atoms with van der Waals surface area (Å²) >= 11 is 0. The van der Waals surface area contributed by atoms with Crippen molar-refractivity contribution in [3.63, 3.8) is 0 Å². The molecule has 2 aromatic heterocycles. The van der Waals surface area contributed by atoms with Gasteiger partial charge in [0, 0.05) is 16.6 Å². The maximum Gasteiger partial charge on any atom is 0.116 e. The third-order valence-electron chi connectivity index (χ3n) is 3.05. The van der Waals surface area contributed by atoms with E-state index in [1.54, 1.807) is 6.33 Å². The van der Waals surface area contributed by atoms with Crippen molar-refractivity contribution in [2.45, 2.75) is 13.8 Å². The molecule has 1 aromatic carbocycles. The van der Waals surface area contributed by atoms with Crippen LogP contribution in [0.15, 0.2) is 30.7 Å². The molecule has 0 saturated heterocycles. The van der Waals surface area contributed by atoms with Crippen LogP contribution in [-0.2, 0) is 0 Å². The minimum atomic E-state index is 0.981. The van der Waals surface area contributed by atoms with E-state index < -0.39 is 0 Å². The summed E-state index contributed by atoms with van der Waals surface area (Å²) in [5.74, 6) is 0. The molecule has 84 valence electrons. The molecule has 4 nitrogen and oxygen atoms in total. The van der Waals surface area contributed by atoms with E-state index in [2.05, 4.69) is 32.3 Å². The normalized spacial score (nSPS) is 10.9. The summed E-state index contributed by atoms with van der Waals surface area (Å²) in [4.78, 5) is 8.54. The van der Waals surface area contributed by atoms with Gasteiger partial charge < -0.3 is 0 Å². The highest BCUT2D eigenvalue weighted by molar-refractivity contribution is 5.83. The van der Waals surface area contributed by atoms with Gasteiger partial charge in [-0.2, -0.15) is 5.10 Å². The fourth-order valence-corrected chi connectivity index (χ4v) is 1.91. The lowest BCUT2D eigenvalue weighted by atomic mass is 10.0. The topological polar surface area (TPSA) is 54.5 Å². The summed E-state index contributed by atoms with van der Waals surface area (Å²) in [6, 6.07) is 6.18. The molecular formula is C13H12N4. The van der Waals surface area contributed by atoms with Crippen LogP contribution in [0.2, 0.25) is 0 Å². The predicted octanol–water partition coefficient (Wildman–Crippen LogP) is 2.64. The van der Waals surface area contributed by atoms with Crippen molar-refractivity contribution < 1.29 is 0 Å². The number of fused-ring (bicyclic) bond motifs is 1. The van der Waals surface area contributed by atoms with Gasteiger partial charge in [0.15, 0.2) is 0 Å². The molecule has 0 bridgehead atoms. The summed E-state index contributed by atoms with van der Waals surface area (Å²) < 4.78 is 0. The second-order valence-corrected chi connectivity index (χ2v) is 4.10. The Morgan fingerprint density at radius 1 is 1.12 bits per heavy atom. The van der Waals surface area contributed by atoms with Gasteiger partial charge in [0.2, 0.25) is 0 Å². The van der Waals surface area contributed by atoms with Crippen LogP contribution in [0.4, 0.5) is 0 Å². The van der Waals surface area contributed by atoms with Crippen molar-refractivity contribution >= 4 is 10.9 Å². The van der Waals surface area contributed by atoms with Crippen LogP contribution in [0.3, 0.4) is 0 Å². The lowest BCUT2D eigenvalue weighted by Crippen LogP contribution is -1.94. The van der Waals surface area contributed by atoms with E-state index in [9.17, 15) is 0 Å². The molecule has 4 heteroatoms. The first kappa shape index (κ1) is 9.96. The molecule has 0 saturated carbocycles. The van der Waals surface area contributed by atoms with Gasteiger partial charge in [-0.1, -0.05) is 12.1 Å². The summed E-state index contributed by atoms with van der Waals surface area (Å²) in [7, 11) is 0. The first-order chi connectivity index (χ1) is 8.25. The molecular weight excluding hydrogens is 212 g/mol. The number of benzene rings is 1. The predicted molar refractivity (Wildman–Crippen MR) is 66.6 cm³/mol. The fraction of sp³-hybridized carbons (Fsp3) is 0.154. The van der Waals surface area contributed by atoms with E-state index in [1.807, 2.05) is 26.1 Å². The number of aromatic amines is 1. The monoisotopic (exact) mass is 224 g/mol. The number of aromatic nitrogens is 4. The number of H-pyrrole nitrogens is 1. The highest BCUT2D eigenvalue weighted by atomic mass is 15.1. The van der Waals surface area contributed by atoms with Crippen LogP contribution >= 0.6 is 0 Å². The third kappa shape index (κ3) is 1.58. The molecule has 0 fully saturated rings. The van der Waals surface area contributed by atoms with Gasteiger partial charge in [0.25, 0.3) is 0 Å². The molecule has 0 atom stereocenters. The maximum absolute atomic E-state index is 4.36. The highest BCUT2D eigenvalue weighted by Crippen LogP contribution is 2.24. The molecule has 17 heavy (non-hydrogen) atoms. The minimum absolute atomic E-state index is 0.981. The van der Waals surface area contributed by atoms with E-state index in [1.165, 1.54) is 0 Å². The fourth-order valence-electron chi connectivity index (χ4n) is 1.91. The molecule has 0 radical (unpaired) electrons. The zero-order chi connectivity index (χ0) is 11.8. The number of rotatable bonds is 1. The van der Waals surface area contributed by atoms with Crippen molar-refractivity contribution in [3.05, 3.63) is 42.0 Å². The quantitative estimate of drug-likeness (QED) is 0.691. The zero-order valence-corrected chi connectivity index (χ0v) is 9.73. The second-order valence-electron chi connectivity index (χ2n) is 4.10. The van der Waals surface area contributed by atoms with Gasteiger partial charge in [0.1, 0.15) is 6.33 Å². The van der Waals surface area contributed by atoms with Gasteiger partial charge >= 0.3 is 0 Å². The zero-order valence-electron chi connectivity index (χ0n) is 9.73. The van der Waals surface area contributed by atoms with Gasteiger partial charge in [-0.15, -0.1) is 0 Å². The minimum Gasteiger partial charge on any atom is -0.278 e. The number of hydrogen-bond acceptors (Lipinski definition) is 3. The van der Waals surface area contributed by atoms with Crippen LogP contribution in [-0.4, -0.2) is 20.2 Å². The average Bonchev–Trinajstić information content (AvgIpc) is 2.79. The smallest absolute Gasteiger partial charge is 0.116 e. The third-order valence-corrected chi connectivity index (χ3v) is 3.05. The number of aryl methyl sites for hydroxylation is 1. The van der Waals surface area contributed by atoms with E-state index in [0.717, 1.165) is 33.4 Å². The van der Waals surface area contributed by atoms with Gasteiger partial charge in [-0.25, -0.2) is 9.97 Å². The molecule has 0 amide bonds. The molecule has 1 N–H and O–H groups in total. The van der Waals surface area contributed by atoms with Crippen molar-refractivity contribution in [2.75, 3.05) is 0 Å². The van der Waals surface area contributed by atoms with Crippen LogP contribution in [0, 0.1) is 13.8 Å². The van der Waals surface area contributed by atoms with E-state index in [0.29, 0.717) is 0 Å². The first-order valence-electron chi connectivity index (χ1n) is 5.47. The summed E-state index contributed by atoms with van der Waals surface area (Å²) in [6.07, 6.45) is 3.42. The van der Waals surface area contributed by atoms with Crippen LogP contribution in [0.25, 0.3) is 22.2 Å². The molecule has 0 spiro atoms. The Kier molecular flexibility index (Phi) is 2.14. The lowest BCUT2D eigenvalue weighted by Gasteiger charge is -2.06. The van der Waals surface area contributed by atoms with E-state index in [-0.39, 0.29) is 0 Å². The second kappa shape index (κ2) is 3.66.